The number of aryl methyl sites for hydroxylation is 1. The van der Waals surface area contributed by atoms with E-state index in [1.807, 2.05) is 6.92 Å². The van der Waals surface area contributed by atoms with Crippen LogP contribution in [-0.4, -0.2) is 32.8 Å². The van der Waals surface area contributed by atoms with Crippen LogP contribution in [0.5, 0.6) is 0 Å². The molecule has 2 aromatic heterocycles. The maximum Gasteiger partial charge on any atom is 0.271 e. The number of carbonyl (C=O) groups is 1. The molecular weight excluding hydrogens is 246 g/mol. The first-order valence-corrected chi connectivity index (χ1v) is 6.35. The van der Waals surface area contributed by atoms with Gasteiger partial charge < -0.3 is 9.84 Å². The van der Waals surface area contributed by atoms with Crippen molar-refractivity contribution >= 4 is 5.91 Å². The Bertz CT molecular complexity index is 584. The van der Waals surface area contributed by atoms with Crippen molar-refractivity contribution in [3.05, 3.63) is 29.2 Å². The molecule has 1 saturated carbocycles. The zero-order valence-corrected chi connectivity index (χ0v) is 10.6. The second kappa shape index (κ2) is 4.83. The lowest BCUT2D eigenvalue weighted by Gasteiger charge is -1.99. The predicted molar refractivity (Wildman–Crippen MR) is 65.6 cm³/mol. The van der Waals surface area contributed by atoms with E-state index in [1.165, 1.54) is 0 Å². The number of hydrogen-bond acceptors (Lipinski definition) is 5. The van der Waals surface area contributed by atoms with Gasteiger partial charge >= 0.3 is 0 Å². The summed E-state index contributed by atoms with van der Waals surface area (Å²) in [5, 5.41) is 13.3. The third kappa shape index (κ3) is 2.81. The molecule has 1 fully saturated rings. The minimum atomic E-state index is -0.199. The number of H-pyrrole nitrogens is 1. The van der Waals surface area contributed by atoms with E-state index in [9.17, 15) is 4.79 Å². The highest BCUT2D eigenvalue weighted by molar-refractivity contribution is 5.92. The monoisotopic (exact) mass is 261 g/mol. The zero-order chi connectivity index (χ0) is 13.2. The number of nitrogens with one attached hydrogen (secondary N) is 2. The second-order valence-corrected chi connectivity index (χ2v) is 4.77. The molecule has 1 aliphatic carbocycles. The third-order valence-corrected chi connectivity index (χ3v) is 2.98. The van der Waals surface area contributed by atoms with Gasteiger partial charge in [-0.1, -0.05) is 5.16 Å². The van der Waals surface area contributed by atoms with Crippen LogP contribution in [0.4, 0.5) is 0 Å². The van der Waals surface area contributed by atoms with E-state index < -0.39 is 0 Å². The predicted octanol–water partition coefficient (Wildman–Crippen LogP) is 0.951. The van der Waals surface area contributed by atoms with Gasteiger partial charge in [-0.25, -0.2) is 0 Å². The summed E-state index contributed by atoms with van der Waals surface area (Å²) >= 11 is 0. The van der Waals surface area contributed by atoms with Gasteiger partial charge in [0.2, 0.25) is 5.89 Å². The van der Waals surface area contributed by atoms with Crippen LogP contribution in [0.2, 0.25) is 0 Å². The number of rotatable bonds is 5. The lowest BCUT2D eigenvalue weighted by Crippen LogP contribution is -2.26. The summed E-state index contributed by atoms with van der Waals surface area (Å²) in [5.74, 6) is 1.63. The smallest absolute Gasteiger partial charge is 0.271 e. The minimum absolute atomic E-state index is 0.199. The molecule has 0 aromatic carbocycles. The summed E-state index contributed by atoms with van der Waals surface area (Å²) in [7, 11) is 0. The van der Waals surface area contributed by atoms with Crippen molar-refractivity contribution in [2.75, 3.05) is 6.54 Å². The topological polar surface area (TPSA) is 96.7 Å². The van der Waals surface area contributed by atoms with E-state index >= 15 is 0 Å². The van der Waals surface area contributed by atoms with Gasteiger partial charge in [0.15, 0.2) is 5.82 Å². The fraction of sp³-hybridized carbons (Fsp3) is 0.500. The molecule has 19 heavy (non-hydrogen) atoms. The molecular formula is C12H15N5O2. The van der Waals surface area contributed by atoms with Crippen molar-refractivity contribution in [3.63, 3.8) is 0 Å². The van der Waals surface area contributed by atoms with Crippen LogP contribution in [0.3, 0.4) is 0 Å². The van der Waals surface area contributed by atoms with Crippen molar-refractivity contribution in [2.24, 2.45) is 0 Å². The molecule has 0 saturated heterocycles. The van der Waals surface area contributed by atoms with Crippen LogP contribution < -0.4 is 5.32 Å². The molecule has 0 atom stereocenters. The average molecular weight is 261 g/mol. The number of carbonyl (C=O) groups excluding carboxylic acids is 1. The molecule has 2 aromatic rings. The van der Waals surface area contributed by atoms with E-state index in [-0.39, 0.29) is 5.91 Å². The van der Waals surface area contributed by atoms with Gasteiger partial charge in [0.25, 0.3) is 5.91 Å². The van der Waals surface area contributed by atoms with Crippen molar-refractivity contribution in [1.29, 1.82) is 0 Å². The van der Waals surface area contributed by atoms with Crippen LogP contribution in [0.25, 0.3) is 0 Å². The van der Waals surface area contributed by atoms with Gasteiger partial charge in [0.1, 0.15) is 5.69 Å². The molecule has 3 rings (SSSR count). The first-order valence-electron chi connectivity index (χ1n) is 6.35. The molecule has 100 valence electrons. The van der Waals surface area contributed by atoms with E-state index in [0.29, 0.717) is 30.4 Å². The average Bonchev–Trinajstić information content (AvgIpc) is 2.98. The lowest BCUT2D eigenvalue weighted by atomic mass is 10.3. The van der Waals surface area contributed by atoms with Gasteiger partial charge in [-0.05, 0) is 25.8 Å². The summed E-state index contributed by atoms with van der Waals surface area (Å²) in [6.45, 7) is 2.32. The summed E-state index contributed by atoms with van der Waals surface area (Å²) < 4.78 is 5.14. The molecule has 1 aliphatic rings. The number of nitrogens with zero attached hydrogens (tertiary/aromatic N) is 3. The summed E-state index contributed by atoms with van der Waals surface area (Å²) in [4.78, 5) is 16.0. The van der Waals surface area contributed by atoms with Crippen LogP contribution in [-0.2, 0) is 6.42 Å². The summed E-state index contributed by atoms with van der Waals surface area (Å²) in [6.07, 6.45) is 2.83. The molecule has 2 N–H and O–H groups in total. The van der Waals surface area contributed by atoms with Gasteiger partial charge in [-0.15, -0.1) is 0 Å². The number of hydrogen-bond donors (Lipinski definition) is 2. The highest BCUT2D eigenvalue weighted by Crippen LogP contribution is 2.38. The number of amides is 1. The fourth-order valence-corrected chi connectivity index (χ4v) is 1.78. The maximum atomic E-state index is 11.7. The lowest BCUT2D eigenvalue weighted by molar-refractivity contribution is 0.0949. The molecule has 1 amide bonds. The summed E-state index contributed by atoms with van der Waals surface area (Å²) in [6, 6.07) is 1.70. The van der Waals surface area contributed by atoms with Crippen LogP contribution >= 0.6 is 0 Å². The minimum Gasteiger partial charge on any atom is -0.350 e. The van der Waals surface area contributed by atoms with E-state index in [2.05, 4.69) is 25.7 Å². The van der Waals surface area contributed by atoms with E-state index in [4.69, 9.17) is 4.52 Å². The van der Waals surface area contributed by atoms with Gasteiger partial charge in [-0.3, -0.25) is 9.89 Å². The number of aromatic nitrogens is 4. The highest BCUT2D eigenvalue weighted by atomic mass is 16.5. The molecule has 0 unspecified atom stereocenters. The quantitative estimate of drug-likeness (QED) is 0.835. The van der Waals surface area contributed by atoms with Crippen molar-refractivity contribution in [2.45, 2.75) is 32.1 Å². The van der Waals surface area contributed by atoms with Crippen LogP contribution in [0.1, 0.15) is 46.7 Å². The van der Waals surface area contributed by atoms with Crippen molar-refractivity contribution < 1.29 is 9.32 Å². The Balaban J connectivity index is 1.48. The fourth-order valence-electron chi connectivity index (χ4n) is 1.78. The van der Waals surface area contributed by atoms with Crippen LogP contribution in [0.15, 0.2) is 10.6 Å². The Morgan fingerprint density at radius 2 is 2.42 bits per heavy atom. The largest absolute Gasteiger partial charge is 0.350 e. The molecule has 0 bridgehead atoms. The Morgan fingerprint density at radius 1 is 1.58 bits per heavy atom. The van der Waals surface area contributed by atoms with Crippen LogP contribution in [0, 0.1) is 6.92 Å². The Labute approximate surface area is 109 Å². The van der Waals surface area contributed by atoms with E-state index in [0.717, 1.165) is 24.4 Å². The third-order valence-electron chi connectivity index (χ3n) is 2.98. The highest BCUT2D eigenvalue weighted by Gasteiger charge is 2.29. The molecule has 7 heteroatoms. The molecule has 0 radical (unpaired) electrons. The Kier molecular flexibility index (Phi) is 3.02. The van der Waals surface area contributed by atoms with Gasteiger partial charge in [0, 0.05) is 24.6 Å². The first kappa shape index (κ1) is 11.9. The van der Waals surface area contributed by atoms with Gasteiger partial charge in [-0.2, -0.15) is 10.1 Å². The Morgan fingerprint density at radius 3 is 3.11 bits per heavy atom. The molecule has 0 spiro atoms. The maximum absolute atomic E-state index is 11.7. The Hall–Kier alpha value is -2.18. The molecule has 7 nitrogen and oxygen atoms in total. The standard InChI is InChI=1S/C12H15N5O2/c1-7-6-9(16-15-7)11(18)13-5-4-10-14-12(19-17-10)8-2-3-8/h6,8H,2-5H2,1H3,(H,13,18)(H,15,16). The van der Waals surface area contributed by atoms with Crippen molar-refractivity contribution in [1.82, 2.24) is 25.7 Å². The van der Waals surface area contributed by atoms with Gasteiger partial charge in [0.05, 0.1) is 0 Å². The van der Waals surface area contributed by atoms with E-state index in [1.54, 1.807) is 6.07 Å². The molecule has 2 heterocycles. The summed E-state index contributed by atoms with van der Waals surface area (Å²) in [5.41, 5.74) is 1.25. The SMILES string of the molecule is Cc1cc(C(=O)NCCc2noc(C3CC3)n2)n[nH]1. The first-order chi connectivity index (χ1) is 9.22. The molecule has 0 aliphatic heterocycles. The number of aromatic amines is 1. The second-order valence-electron chi connectivity index (χ2n) is 4.77. The zero-order valence-electron chi connectivity index (χ0n) is 10.6. The van der Waals surface area contributed by atoms with Crippen molar-refractivity contribution in [3.8, 4) is 0 Å². The normalized spacial score (nSPS) is 14.6.